The number of hydrogen-bond donors (Lipinski definition) is 2. The number of aryl methyl sites for hydroxylation is 1. The van der Waals surface area contributed by atoms with Crippen LogP contribution < -0.4 is 10.6 Å². The van der Waals surface area contributed by atoms with Gasteiger partial charge in [-0.3, -0.25) is 9.59 Å². The maximum Gasteiger partial charge on any atom is 0.313 e. The minimum atomic E-state index is -0.602. The Morgan fingerprint density at radius 1 is 1.05 bits per heavy atom. The summed E-state index contributed by atoms with van der Waals surface area (Å²) < 4.78 is 0. The van der Waals surface area contributed by atoms with Crippen molar-refractivity contribution in [1.29, 1.82) is 0 Å². The summed E-state index contributed by atoms with van der Waals surface area (Å²) in [5.41, 5.74) is 1.85. The van der Waals surface area contributed by atoms with Gasteiger partial charge in [-0.2, -0.15) is 0 Å². The van der Waals surface area contributed by atoms with Gasteiger partial charge in [-0.25, -0.2) is 0 Å². The molecule has 0 aromatic heterocycles. The van der Waals surface area contributed by atoms with E-state index in [4.69, 9.17) is 0 Å². The van der Waals surface area contributed by atoms with Crippen molar-refractivity contribution in [3.8, 4) is 0 Å². The van der Waals surface area contributed by atoms with Crippen LogP contribution in [0.5, 0.6) is 0 Å². The van der Waals surface area contributed by atoms with Gasteiger partial charge in [0.2, 0.25) is 0 Å². The van der Waals surface area contributed by atoms with E-state index in [0.29, 0.717) is 18.2 Å². The molecule has 1 atom stereocenters. The predicted molar refractivity (Wildman–Crippen MR) is 90.8 cm³/mol. The van der Waals surface area contributed by atoms with E-state index in [1.54, 1.807) is 0 Å². The Kier molecular flexibility index (Phi) is 8.26. The highest BCUT2D eigenvalue weighted by molar-refractivity contribution is 6.39. The second-order valence-corrected chi connectivity index (χ2v) is 5.63. The van der Waals surface area contributed by atoms with Crippen LogP contribution in [0.15, 0.2) is 24.3 Å². The number of carbonyl (C=O) groups excluding carboxylic acids is 2. The lowest BCUT2D eigenvalue weighted by atomic mass is 9.99. The highest BCUT2D eigenvalue weighted by atomic mass is 16.2. The summed E-state index contributed by atoms with van der Waals surface area (Å²) in [7, 11) is 0. The number of hydrogen-bond acceptors (Lipinski definition) is 2. The first-order valence-electron chi connectivity index (χ1n) is 8.28. The Bertz CT molecular complexity index is 468. The van der Waals surface area contributed by atoms with E-state index in [0.717, 1.165) is 32.1 Å². The van der Waals surface area contributed by atoms with Crippen molar-refractivity contribution in [3.05, 3.63) is 29.8 Å². The van der Waals surface area contributed by atoms with Gasteiger partial charge in [-0.05, 0) is 36.5 Å². The number of unbranched alkanes of at least 4 members (excludes halogenated alkanes) is 1. The van der Waals surface area contributed by atoms with Crippen LogP contribution in [0.25, 0.3) is 0 Å². The summed E-state index contributed by atoms with van der Waals surface area (Å²) in [6.45, 7) is 6.91. The van der Waals surface area contributed by atoms with Gasteiger partial charge in [-0.15, -0.1) is 0 Å². The largest absolute Gasteiger partial charge is 0.348 e. The molecule has 0 saturated heterocycles. The van der Waals surface area contributed by atoms with Crippen LogP contribution in [0.1, 0.15) is 52.0 Å². The topological polar surface area (TPSA) is 58.2 Å². The summed E-state index contributed by atoms with van der Waals surface area (Å²) in [4.78, 5) is 23.7. The van der Waals surface area contributed by atoms with Crippen molar-refractivity contribution >= 4 is 17.5 Å². The molecule has 0 saturated carbocycles. The van der Waals surface area contributed by atoms with Gasteiger partial charge in [-0.1, -0.05) is 52.2 Å². The Labute approximate surface area is 133 Å². The summed E-state index contributed by atoms with van der Waals surface area (Å²) in [6, 6.07) is 7.54. The molecule has 1 unspecified atom stereocenters. The van der Waals surface area contributed by atoms with Crippen LogP contribution in [-0.4, -0.2) is 18.4 Å². The fourth-order valence-electron chi connectivity index (χ4n) is 2.27. The van der Waals surface area contributed by atoms with E-state index in [1.165, 1.54) is 5.56 Å². The van der Waals surface area contributed by atoms with Gasteiger partial charge in [0, 0.05) is 12.2 Å². The van der Waals surface area contributed by atoms with Gasteiger partial charge >= 0.3 is 11.8 Å². The van der Waals surface area contributed by atoms with Crippen molar-refractivity contribution in [2.45, 2.75) is 52.9 Å². The number of anilines is 1. The second-order valence-electron chi connectivity index (χ2n) is 5.63. The van der Waals surface area contributed by atoms with E-state index in [1.807, 2.05) is 24.3 Å². The Hall–Kier alpha value is -1.84. The highest BCUT2D eigenvalue weighted by Crippen LogP contribution is 2.12. The van der Waals surface area contributed by atoms with Crippen LogP contribution >= 0.6 is 0 Å². The van der Waals surface area contributed by atoms with Crippen LogP contribution in [0, 0.1) is 5.92 Å². The maximum atomic E-state index is 11.9. The minimum Gasteiger partial charge on any atom is -0.348 e. The molecule has 2 amide bonds. The first-order valence-corrected chi connectivity index (χ1v) is 8.28. The summed E-state index contributed by atoms with van der Waals surface area (Å²) in [5, 5.41) is 5.36. The van der Waals surface area contributed by atoms with Crippen molar-refractivity contribution in [3.63, 3.8) is 0 Å². The molecular formula is C18H28N2O2. The van der Waals surface area contributed by atoms with Crippen LogP contribution in [0.3, 0.4) is 0 Å². The standard InChI is InChI=1S/C18H28N2O2/c1-4-7-8-15(6-3)13-19-17(21)18(22)20-16-11-9-14(5-2)10-12-16/h9-12,15H,4-8,13H2,1-3H3,(H,19,21)(H,20,22). The first kappa shape index (κ1) is 18.2. The monoisotopic (exact) mass is 304 g/mol. The SMILES string of the molecule is CCCCC(CC)CNC(=O)C(=O)Nc1ccc(CC)cc1. The van der Waals surface area contributed by atoms with E-state index < -0.39 is 11.8 Å². The molecule has 0 aliphatic heterocycles. The Morgan fingerprint density at radius 2 is 1.73 bits per heavy atom. The normalized spacial score (nSPS) is 11.8. The molecule has 122 valence electrons. The second kappa shape index (κ2) is 9.98. The molecule has 0 aliphatic carbocycles. The number of nitrogens with one attached hydrogen (secondary N) is 2. The van der Waals surface area contributed by atoms with Crippen LogP contribution in [0.2, 0.25) is 0 Å². The summed E-state index contributed by atoms with van der Waals surface area (Å²) in [6.07, 6.45) is 5.36. The fourth-order valence-corrected chi connectivity index (χ4v) is 2.27. The average Bonchev–Trinajstić information content (AvgIpc) is 2.55. The predicted octanol–water partition coefficient (Wildman–Crippen LogP) is 3.52. The van der Waals surface area contributed by atoms with Crippen molar-refractivity contribution < 1.29 is 9.59 Å². The minimum absolute atomic E-state index is 0.445. The van der Waals surface area contributed by atoms with Crippen LogP contribution in [0.4, 0.5) is 5.69 Å². The number of rotatable bonds is 8. The molecule has 2 N–H and O–H groups in total. The number of amides is 2. The molecule has 0 radical (unpaired) electrons. The quantitative estimate of drug-likeness (QED) is 0.722. The van der Waals surface area contributed by atoms with Gasteiger partial charge in [0.05, 0.1) is 0 Å². The lowest BCUT2D eigenvalue weighted by Crippen LogP contribution is -2.38. The zero-order valence-electron chi connectivity index (χ0n) is 13.9. The molecule has 1 rings (SSSR count). The summed E-state index contributed by atoms with van der Waals surface area (Å²) >= 11 is 0. The van der Waals surface area contributed by atoms with Crippen molar-refractivity contribution in [2.24, 2.45) is 5.92 Å². The third-order valence-corrected chi connectivity index (χ3v) is 3.92. The number of benzene rings is 1. The third kappa shape index (κ3) is 6.29. The number of carbonyl (C=O) groups is 2. The maximum absolute atomic E-state index is 11.9. The van der Waals surface area contributed by atoms with Gasteiger partial charge in [0.15, 0.2) is 0 Å². The molecule has 0 spiro atoms. The molecule has 0 aliphatic rings. The molecular weight excluding hydrogens is 276 g/mol. The molecule has 1 aromatic rings. The molecule has 1 aromatic carbocycles. The van der Waals surface area contributed by atoms with E-state index >= 15 is 0 Å². The van der Waals surface area contributed by atoms with E-state index in [-0.39, 0.29) is 0 Å². The lowest BCUT2D eigenvalue weighted by molar-refractivity contribution is -0.136. The van der Waals surface area contributed by atoms with Gasteiger partial charge < -0.3 is 10.6 Å². The van der Waals surface area contributed by atoms with E-state index in [9.17, 15) is 9.59 Å². The van der Waals surface area contributed by atoms with Crippen LogP contribution in [-0.2, 0) is 16.0 Å². The zero-order valence-corrected chi connectivity index (χ0v) is 13.9. The highest BCUT2D eigenvalue weighted by Gasteiger charge is 2.15. The summed E-state index contributed by atoms with van der Waals surface area (Å²) in [5.74, 6) is -0.718. The third-order valence-electron chi connectivity index (χ3n) is 3.92. The van der Waals surface area contributed by atoms with E-state index in [2.05, 4.69) is 31.4 Å². The Balaban J connectivity index is 2.42. The zero-order chi connectivity index (χ0) is 16.4. The fraction of sp³-hybridized carbons (Fsp3) is 0.556. The Morgan fingerprint density at radius 3 is 2.27 bits per heavy atom. The lowest BCUT2D eigenvalue weighted by Gasteiger charge is -2.15. The molecule has 0 fully saturated rings. The average molecular weight is 304 g/mol. The van der Waals surface area contributed by atoms with Gasteiger partial charge in [0.1, 0.15) is 0 Å². The first-order chi connectivity index (χ1) is 10.6. The van der Waals surface area contributed by atoms with Gasteiger partial charge in [0.25, 0.3) is 0 Å². The molecule has 0 heterocycles. The smallest absolute Gasteiger partial charge is 0.313 e. The molecule has 22 heavy (non-hydrogen) atoms. The van der Waals surface area contributed by atoms with Crippen molar-refractivity contribution in [1.82, 2.24) is 5.32 Å². The molecule has 4 nitrogen and oxygen atoms in total. The molecule has 4 heteroatoms. The molecule has 0 bridgehead atoms. The van der Waals surface area contributed by atoms with Crippen molar-refractivity contribution in [2.75, 3.05) is 11.9 Å².